The molecule has 1 atom stereocenters. The lowest BCUT2D eigenvalue weighted by molar-refractivity contribution is 0.111. The van der Waals surface area contributed by atoms with Gasteiger partial charge >= 0.3 is 0 Å². The number of aliphatic hydroxyl groups excluding tert-OH is 1. The van der Waals surface area contributed by atoms with Crippen molar-refractivity contribution in [1.29, 1.82) is 0 Å². The smallest absolute Gasteiger partial charge is 0.169 e. The zero-order valence-electron chi connectivity index (χ0n) is 6.97. The van der Waals surface area contributed by atoms with Crippen LogP contribution >= 0.6 is 0 Å². The van der Waals surface area contributed by atoms with E-state index in [0.29, 0.717) is 18.5 Å². The molecule has 4 heteroatoms. The summed E-state index contributed by atoms with van der Waals surface area (Å²) in [6.45, 7) is 2.77. The molecule has 0 saturated heterocycles. The highest BCUT2D eigenvalue weighted by atomic mass is 16.3. The maximum atomic E-state index is 10.2. The highest BCUT2D eigenvalue weighted by Crippen LogP contribution is 2.00. The molecule has 0 radical (unpaired) electrons. The number of aliphatic hydroxyl groups is 1. The Morgan fingerprint density at radius 3 is 3.08 bits per heavy atom. The fourth-order valence-electron chi connectivity index (χ4n) is 0.956. The maximum absolute atomic E-state index is 10.2. The van der Waals surface area contributed by atoms with Gasteiger partial charge < -0.3 is 9.67 Å². The summed E-state index contributed by atoms with van der Waals surface area (Å²) >= 11 is 0. The number of carbonyl (C=O) groups is 1. The second-order valence-corrected chi connectivity index (χ2v) is 2.90. The quantitative estimate of drug-likeness (QED) is 0.659. The summed E-state index contributed by atoms with van der Waals surface area (Å²) in [5, 5.41) is 8.76. The van der Waals surface area contributed by atoms with Gasteiger partial charge in [0, 0.05) is 19.3 Å². The summed E-state index contributed by atoms with van der Waals surface area (Å²) in [7, 11) is 0. The minimum atomic E-state index is 0.147. The van der Waals surface area contributed by atoms with E-state index in [1.807, 2.05) is 6.92 Å². The molecular formula is C8H12N2O2. The fraction of sp³-hybridized carbons (Fsp3) is 0.500. The van der Waals surface area contributed by atoms with Crippen molar-refractivity contribution >= 4 is 6.29 Å². The monoisotopic (exact) mass is 168 g/mol. The van der Waals surface area contributed by atoms with Crippen LogP contribution in [-0.4, -0.2) is 27.6 Å². The minimum absolute atomic E-state index is 0.147. The second kappa shape index (κ2) is 4.01. The summed E-state index contributed by atoms with van der Waals surface area (Å²) in [6, 6.07) is 0. The van der Waals surface area contributed by atoms with E-state index in [1.54, 1.807) is 17.1 Å². The van der Waals surface area contributed by atoms with E-state index in [1.165, 1.54) is 0 Å². The largest absolute Gasteiger partial charge is 0.396 e. The van der Waals surface area contributed by atoms with Crippen molar-refractivity contribution in [3.05, 3.63) is 18.2 Å². The molecule has 4 nitrogen and oxygen atoms in total. The summed E-state index contributed by atoms with van der Waals surface area (Å²) in [6.07, 6.45) is 3.97. The molecule has 0 aliphatic rings. The Hall–Kier alpha value is -1.16. The Labute approximate surface area is 70.9 Å². The first-order valence-corrected chi connectivity index (χ1v) is 3.84. The number of nitrogens with zero attached hydrogens (tertiary/aromatic N) is 2. The van der Waals surface area contributed by atoms with E-state index in [2.05, 4.69) is 4.98 Å². The molecule has 0 aliphatic heterocycles. The van der Waals surface area contributed by atoms with Crippen molar-refractivity contribution in [2.45, 2.75) is 13.5 Å². The van der Waals surface area contributed by atoms with Crippen molar-refractivity contribution in [2.24, 2.45) is 5.92 Å². The first-order chi connectivity index (χ1) is 5.76. The van der Waals surface area contributed by atoms with Crippen LogP contribution in [0.15, 0.2) is 12.5 Å². The average molecular weight is 168 g/mol. The number of aldehydes is 1. The zero-order chi connectivity index (χ0) is 8.97. The molecule has 1 unspecified atom stereocenters. The topological polar surface area (TPSA) is 55.1 Å². The molecule has 1 N–H and O–H groups in total. The van der Waals surface area contributed by atoms with E-state index in [-0.39, 0.29) is 12.5 Å². The fourth-order valence-corrected chi connectivity index (χ4v) is 0.956. The van der Waals surface area contributed by atoms with Crippen molar-refractivity contribution in [3.8, 4) is 0 Å². The van der Waals surface area contributed by atoms with Crippen LogP contribution in [0.5, 0.6) is 0 Å². The molecule has 0 aliphatic carbocycles. The predicted molar refractivity (Wildman–Crippen MR) is 43.9 cm³/mol. The Kier molecular flexibility index (Phi) is 2.99. The van der Waals surface area contributed by atoms with Gasteiger partial charge in [0.15, 0.2) is 6.29 Å². The Morgan fingerprint density at radius 1 is 1.83 bits per heavy atom. The summed E-state index contributed by atoms with van der Waals surface area (Å²) in [4.78, 5) is 14.1. The number of rotatable bonds is 4. The number of hydrogen-bond acceptors (Lipinski definition) is 3. The molecule has 0 aromatic carbocycles. The summed E-state index contributed by atoms with van der Waals surface area (Å²) in [5.41, 5.74) is 0.431. The average Bonchev–Trinajstić information content (AvgIpc) is 2.52. The standard InChI is InChI=1S/C8H12N2O2/c1-7(4-11)2-10-3-8(5-12)9-6-10/h3,5-7,11H,2,4H2,1H3. The molecule has 1 heterocycles. The minimum Gasteiger partial charge on any atom is -0.396 e. The van der Waals surface area contributed by atoms with Crippen molar-refractivity contribution in [1.82, 2.24) is 9.55 Å². The van der Waals surface area contributed by atoms with Gasteiger partial charge in [-0.15, -0.1) is 0 Å². The first kappa shape index (κ1) is 8.93. The molecule has 0 spiro atoms. The SMILES string of the molecule is CC(CO)Cn1cnc(C=O)c1. The van der Waals surface area contributed by atoms with Crippen LogP contribution < -0.4 is 0 Å². The molecule has 12 heavy (non-hydrogen) atoms. The molecule has 66 valence electrons. The third-order valence-electron chi connectivity index (χ3n) is 1.61. The van der Waals surface area contributed by atoms with Gasteiger partial charge in [0.1, 0.15) is 5.69 Å². The van der Waals surface area contributed by atoms with E-state index < -0.39 is 0 Å². The van der Waals surface area contributed by atoms with Crippen LogP contribution in [0.2, 0.25) is 0 Å². The number of carbonyl (C=O) groups excluding carboxylic acids is 1. The molecule has 0 bridgehead atoms. The van der Waals surface area contributed by atoms with E-state index in [0.717, 1.165) is 0 Å². The van der Waals surface area contributed by atoms with Crippen molar-refractivity contribution < 1.29 is 9.90 Å². The Morgan fingerprint density at radius 2 is 2.58 bits per heavy atom. The zero-order valence-corrected chi connectivity index (χ0v) is 6.97. The Bertz CT molecular complexity index is 257. The molecule has 0 fully saturated rings. The van der Waals surface area contributed by atoms with Gasteiger partial charge in [-0.05, 0) is 5.92 Å². The molecule has 1 rings (SSSR count). The van der Waals surface area contributed by atoms with Crippen LogP contribution in [0.4, 0.5) is 0 Å². The van der Waals surface area contributed by atoms with Gasteiger partial charge in [-0.2, -0.15) is 0 Å². The van der Waals surface area contributed by atoms with Crippen LogP contribution in [0, 0.1) is 5.92 Å². The van der Waals surface area contributed by atoms with Gasteiger partial charge in [-0.3, -0.25) is 4.79 Å². The lowest BCUT2D eigenvalue weighted by atomic mass is 10.2. The van der Waals surface area contributed by atoms with Crippen LogP contribution in [0.3, 0.4) is 0 Å². The molecule has 1 aromatic heterocycles. The maximum Gasteiger partial charge on any atom is 0.169 e. The van der Waals surface area contributed by atoms with E-state index >= 15 is 0 Å². The predicted octanol–water partition coefficient (Wildman–Crippen LogP) is 0.324. The van der Waals surface area contributed by atoms with Gasteiger partial charge in [-0.25, -0.2) is 4.98 Å². The Balaban J connectivity index is 2.57. The van der Waals surface area contributed by atoms with E-state index in [9.17, 15) is 4.79 Å². The third-order valence-corrected chi connectivity index (χ3v) is 1.61. The number of hydrogen-bond donors (Lipinski definition) is 1. The highest BCUT2D eigenvalue weighted by molar-refractivity contribution is 5.70. The molecule has 1 aromatic rings. The van der Waals surface area contributed by atoms with Gasteiger partial charge in [0.25, 0.3) is 0 Å². The number of imidazole rings is 1. The second-order valence-electron chi connectivity index (χ2n) is 2.90. The number of aromatic nitrogens is 2. The van der Waals surface area contributed by atoms with Gasteiger partial charge in [0.2, 0.25) is 0 Å². The lowest BCUT2D eigenvalue weighted by Crippen LogP contribution is -2.09. The highest BCUT2D eigenvalue weighted by Gasteiger charge is 2.02. The lowest BCUT2D eigenvalue weighted by Gasteiger charge is -2.06. The first-order valence-electron chi connectivity index (χ1n) is 3.84. The van der Waals surface area contributed by atoms with Crippen LogP contribution in [0.1, 0.15) is 17.4 Å². The van der Waals surface area contributed by atoms with Gasteiger partial charge in [-0.1, -0.05) is 6.92 Å². The van der Waals surface area contributed by atoms with Crippen LogP contribution in [0.25, 0.3) is 0 Å². The van der Waals surface area contributed by atoms with Crippen molar-refractivity contribution in [2.75, 3.05) is 6.61 Å². The molecular weight excluding hydrogens is 156 g/mol. The molecule has 0 amide bonds. The molecule has 0 saturated carbocycles. The third kappa shape index (κ3) is 2.17. The summed E-state index contributed by atoms with van der Waals surface area (Å²) < 4.78 is 1.80. The van der Waals surface area contributed by atoms with Gasteiger partial charge in [0.05, 0.1) is 6.33 Å². The normalized spacial score (nSPS) is 12.8. The summed E-state index contributed by atoms with van der Waals surface area (Å²) in [5.74, 6) is 0.193. The van der Waals surface area contributed by atoms with E-state index in [4.69, 9.17) is 5.11 Å². The van der Waals surface area contributed by atoms with Crippen LogP contribution in [-0.2, 0) is 6.54 Å². The van der Waals surface area contributed by atoms with Crippen molar-refractivity contribution in [3.63, 3.8) is 0 Å².